The number of aromatic nitrogens is 6. The highest BCUT2D eigenvalue weighted by Gasteiger charge is 2.28. The van der Waals surface area contributed by atoms with E-state index in [1.165, 1.54) is 12.8 Å². The van der Waals surface area contributed by atoms with E-state index in [1.54, 1.807) is 7.11 Å². The van der Waals surface area contributed by atoms with E-state index in [9.17, 15) is 0 Å². The Morgan fingerprint density at radius 2 is 2.00 bits per heavy atom. The Morgan fingerprint density at radius 3 is 2.75 bits per heavy atom. The second-order valence-corrected chi connectivity index (χ2v) is 7.26. The molecule has 7 heteroatoms. The zero-order chi connectivity index (χ0) is 19.1. The topological polar surface area (TPSA) is 70.1 Å². The summed E-state index contributed by atoms with van der Waals surface area (Å²) in [5.74, 6) is 0.546. The van der Waals surface area contributed by atoms with E-state index < -0.39 is 0 Å². The summed E-state index contributed by atoms with van der Waals surface area (Å²) >= 11 is 0. The molecule has 7 nitrogen and oxygen atoms in total. The lowest BCUT2D eigenvalue weighted by molar-refractivity contribution is 0.183. The van der Waals surface area contributed by atoms with Gasteiger partial charge < -0.3 is 4.74 Å². The smallest absolute Gasteiger partial charge is 0.162 e. The predicted molar refractivity (Wildman–Crippen MR) is 106 cm³/mol. The Hall–Kier alpha value is -3.06. The Bertz CT molecular complexity index is 1130. The Balaban J connectivity index is 1.69. The summed E-state index contributed by atoms with van der Waals surface area (Å²) in [6.07, 6.45) is 9.95. The predicted octanol–water partition coefficient (Wildman–Crippen LogP) is 3.49. The summed E-state index contributed by atoms with van der Waals surface area (Å²) in [4.78, 5) is 9.03. The van der Waals surface area contributed by atoms with Gasteiger partial charge in [0.25, 0.3) is 0 Å². The zero-order valence-corrected chi connectivity index (χ0v) is 16.0. The standard InChI is InChI=1S/C21H22N6O/c1-14-20(17-12-23-26(13-17)9-10-28-2)27-21(24-14)18(15-5-7-22-8-6-15)11-19(25-27)16-3-4-16/h5-8,11-13,16H,3-4,9-10H2,1-2H3. The SMILES string of the molecule is COCCn1cc(-c2c(C)nc3c(-c4ccncc4)cc(C4CC4)nn23)cn1. The van der Waals surface area contributed by atoms with Crippen LogP contribution in [0.1, 0.15) is 30.1 Å². The first-order valence-corrected chi connectivity index (χ1v) is 9.57. The largest absolute Gasteiger partial charge is 0.383 e. The normalized spacial score (nSPS) is 14.1. The Morgan fingerprint density at radius 1 is 1.18 bits per heavy atom. The van der Waals surface area contributed by atoms with Gasteiger partial charge in [0.1, 0.15) is 0 Å². The molecule has 0 spiro atoms. The van der Waals surface area contributed by atoms with Gasteiger partial charge in [0.15, 0.2) is 5.65 Å². The molecule has 0 bridgehead atoms. The van der Waals surface area contributed by atoms with Crippen LogP contribution in [-0.2, 0) is 11.3 Å². The molecule has 5 rings (SSSR count). The van der Waals surface area contributed by atoms with E-state index in [4.69, 9.17) is 14.8 Å². The van der Waals surface area contributed by atoms with Crippen LogP contribution in [0.5, 0.6) is 0 Å². The van der Waals surface area contributed by atoms with Crippen LogP contribution in [-0.4, -0.2) is 43.1 Å². The van der Waals surface area contributed by atoms with Gasteiger partial charge in [-0.3, -0.25) is 9.67 Å². The minimum atomic E-state index is 0.546. The molecule has 28 heavy (non-hydrogen) atoms. The summed E-state index contributed by atoms with van der Waals surface area (Å²) in [7, 11) is 1.70. The number of fused-ring (bicyclic) bond motifs is 1. The molecule has 0 unspecified atom stereocenters. The van der Waals surface area contributed by atoms with Gasteiger partial charge in [-0.25, -0.2) is 9.50 Å². The lowest BCUT2D eigenvalue weighted by atomic mass is 10.1. The van der Waals surface area contributed by atoms with E-state index in [0.717, 1.165) is 46.0 Å². The molecule has 0 N–H and O–H groups in total. The fourth-order valence-electron chi connectivity index (χ4n) is 3.59. The number of aryl methyl sites for hydroxylation is 1. The third kappa shape index (κ3) is 2.97. The third-order valence-electron chi connectivity index (χ3n) is 5.20. The molecule has 142 valence electrons. The van der Waals surface area contributed by atoms with Crippen LogP contribution in [0.3, 0.4) is 0 Å². The number of hydrogen-bond acceptors (Lipinski definition) is 5. The van der Waals surface area contributed by atoms with Gasteiger partial charge in [0.2, 0.25) is 0 Å². The van der Waals surface area contributed by atoms with Crippen molar-refractivity contribution in [2.24, 2.45) is 0 Å². The van der Waals surface area contributed by atoms with Gasteiger partial charge in [-0.05, 0) is 43.5 Å². The highest BCUT2D eigenvalue weighted by molar-refractivity contribution is 5.80. The molecule has 4 aromatic rings. The maximum Gasteiger partial charge on any atom is 0.162 e. The van der Waals surface area contributed by atoms with Gasteiger partial charge in [-0.2, -0.15) is 10.2 Å². The fourth-order valence-corrected chi connectivity index (χ4v) is 3.59. The number of hydrogen-bond donors (Lipinski definition) is 0. The molecular weight excluding hydrogens is 352 g/mol. The van der Waals surface area contributed by atoms with Crippen LogP contribution < -0.4 is 0 Å². The van der Waals surface area contributed by atoms with Gasteiger partial charge in [0.05, 0.1) is 36.4 Å². The van der Waals surface area contributed by atoms with Crippen LogP contribution in [0, 0.1) is 6.92 Å². The maximum atomic E-state index is 5.16. The third-order valence-corrected chi connectivity index (χ3v) is 5.20. The molecule has 1 aliphatic carbocycles. The Kier molecular flexibility index (Phi) is 4.16. The molecule has 4 heterocycles. The highest BCUT2D eigenvalue weighted by Crippen LogP contribution is 2.41. The number of ether oxygens (including phenoxy) is 1. The van der Waals surface area contributed by atoms with Crippen molar-refractivity contribution in [3.63, 3.8) is 0 Å². The highest BCUT2D eigenvalue weighted by atomic mass is 16.5. The number of imidazole rings is 1. The number of pyridine rings is 1. The second-order valence-electron chi connectivity index (χ2n) is 7.26. The summed E-state index contributed by atoms with van der Waals surface area (Å²) < 4.78 is 9.05. The van der Waals surface area contributed by atoms with E-state index in [2.05, 4.69) is 16.1 Å². The summed E-state index contributed by atoms with van der Waals surface area (Å²) in [5, 5.41) is 9.44. The molecule has 0 aliphatic heterocycles. The summed E-state index contributed by atoms with van der Waals surface area (Å²) in [6, 6.07) is 6.25. The van der Waals surface area contributed by atoms with Crippen molar-refractivity contribution in [1.82, 2.24) is 29.4 Å². The molecule has 0 saturated heterocycles. The van der Waals surface area contributed by atoms with E-state index in [1.807, 2.05) is 53.0 Å². The molecular formula is C21H22N6O. The molecule has 0 atom stereocenters. The van der Waals surface area contributed by atoms with Crippen molar-refractivity contribution in [2.75, 3.05) is 13.7 Å². The van der Waals surface area contributed by atoms with Crippen molar-refractivity contribution in [2.45, 2.75) is 32.2 Å². The summed E-state index contributed by atoms with van der Waals surface area (Å²) in [5.41, 5.74) is 7.16. The van der Waals surface area contributed by atoms with Crippen LogP contribution in [0.15, 0.2) is 43.0 Å². The average Bonchev–Trinajstić information content (AvgIpc) is 3.38. The number of methoxy groups -OCH3 is 1. The molecule has 4 aromatic heterocycles. The van der Waals surface area contributed by atoms with E-state index in [-0.39, 0.29) is 0 Å². The van der Waals surface area contributed by atoms with Crippen molar-refractivity contribution in [3.05, 3.63) is 54.4 Å². The lowest BCUT2D eigenvalue weighted by Crippen LogP contribution is -2.04. The molecule has 1 aliphatic rings. The lowest BCUT2D eigenvalue weighted by Gasteiger charge is -2.08. The van der Waals surface area contributed by atoms with E-state index in [0.29, 0.717) is 12.5 Å². The first-order valence-electron chi connectivity index (χ1n) is 9.57. The minimum Gasteiger partial charge on any atom is -0.383 e. The Labute approximate surface area is 163 Å². The van der Waals surface area contributed by atoms with Gasteiger partial charge in [-0.1, -0.05) is 0 Å². The quantitative estimate of drug-likeness (QED) is 0.517. The van der Waals surface area contributed by atoms with Gasteiger partial charge in [-0.15, -0.1) is 0 Å². The second kappa shape index (κ2) is 6.83. The average molecular weight is 374 g/mol. The minimum absolute atomic E-state index is 0.546. The monoisotopic (exact) mass is 374 g/mol. The van der Waals surface area contributed by atoms with Crippen LogP contribution in [0.25, 0.3) is 28.0 Å². The first-order chi connectivity index (χ1) is 13.7. The van der Waals surface area contributed by atoms with Crippen molar-refractivity contribution >= 4 is 5.65 Å². The fraction of sp³-hybridized carbons (Fsp3) is 0.333. The number of nitrogens with zero attached hydrogens (tertiary/aromatic N) is 6. The van der Waals surface area contributed by atoms with Crippen molar-refractivity contribution in [3.8, 4) is 22.4 Å². The van der Waals surface area contributed by atoms with Crippen LogP contribution in [0.2, 0.25) is 0 Å². The molecule has 0 aromatic carbocycles. The molecule has 1 fully saturated rings. The van der Waals surface area contributed by atoms with Gasteiger partial charge >= 0.3 is 0 Å². The van der Waals surface area contributed by atoms with E-state index >= 15 is 0 Å². The van der Waals surface area contributed by atoms with Crippen molar-refractivity contribution in [1.29, 1.82) is 0 Å². The summed E-state index contributed by atoms with van der Waals surface area (Å²) in [6.45, 7) is 3.38. The van der Waals surface area contributed by atoms with Crippen LogP contribution >= 0.6 is 0 Å². The number of rotatable bonds is 6. The first kappa shape index (κ1) is 17.1. The molecule has 0 amide bonds. The maximum absolute atomic E-state index is 5.16. The molecule has 0 radical (unpaired) electrons. The zero-order valence-electron chi connectivity index (χ0n) is 16.0. The van der Waals surface area contributed by atoms with Gasteiger partial charge in [0, 0.05) is 42.7 Å². The molecule has 1 saturated carbocycles. The van der Waals surface area contributed by atoms with Crippen molar-refractivity contribution < 1.29 is 4.74 Å². The van der Waals surface area contributed by atoms with Crippen LogP contribution in [0.4, 0.5) is 0 Å².